The van der Waals surface area contributed by atoms with Crippen LogP contribution in [0.2, 0.25) is 0 Å². The van der Waals surface area contributed by atoms with E-state index in [9.17, 15) is 117 Å². The normalized spacial score (nSPS) is 52.3. The summed E-state index contributed by atoms with van der Waals surface area (Å²) in [6.45, 7) is 10.3. The predicted octanol–water partition coefficient (Wildman–Crippen LogP) is -8.89. The van der Waals surface area contributed by atoms with Gasteiger partial charge in [0.05, 0.1) is 71.2 Å². The monoisotopic (exact) mass is 1720 g/mol. The van der Waals surface area contributed by atoms with Gasteiger partial charge < -0.3 is 193 Å². The summed E-state index contributed by atoms with van der Waals surface area (Å²) in [5, 5.41) is 238. The van der Waals surface area contributed by atoms with Crippen LogP contribution in [0.1, 0.15) is 114 Å². The summed E-state index contributed by atoms with van der Waals surface area (Å²) in [5.74, 6) is -3.91. The lowest BCUT2D eigenvalue weighted by Gasteiger charge is -2.72. The van der Waals surface area contributed by atoms with Gasteiger partial charge in [-0.05, 0) is 96.2 Å². The largest absolute Gasteiger partial charge is 0.463 e. The van der Waals surface area contributed by atoms with E-state index < -0.39 is 349 Å². The molecule has 8 saturated heterocycles. The highest BCUT2D eigenvalue weighted by molar-refractivity contribution is 5.80. The quantitative estimate of drug-likeness (QED) is 0.0272. The number of aliphatic hydroxyl groups is 21. The SMILES string of the molecule is CC(=O)NC1C(OC2CCC3(C)C(CCC4(C)C3CC=C3C5CC(C)(C)C(O)CC5(C(=O)OC5OC(COC(C)=O)C(OC6OCC(O)C(O)C6O)C(O)C5OC5OCC(O)C(OC6OCC(O)(CO)C6O)C5O)C(O)CC34C)C2(C)C)OC(COC2OCC(O)C(OC3OCC(O)C(O)C3O)C2O)C(OC2OC(CO)C(O)C(O)C2O)C1O. The molecule has 0 aromatic heterocycles. The van der Waals surface area contributed by atoms with Gasteiger partial charge in [0, 0.05) is 13.8 Å². The molecule has 8 aliphatic heterocycles. The summed E-state index contributed by atoms with van der Waals surface area (Å²) < 4.78 is 102. The summed E-state index contributed by atoms with van der Waals surface area (Å²) >= 11 is 0. The van der Waals surface area contributed by atoms with E-state index in [1.54, 1.807) is 0 Å². The molecule has 42 heteroatoms. The number of nitrogens with one attached hydrogen (secondary N) is 1. The molecule has 0 spiro atoms. The molecule has 0 aromatic rings. The van der Waals surface area contributed by atoms with Crippen molar-refractivity contribution in [2.45, 2.75) is 340 Å². The molecule has 13 rings (SSSR count). The van der Waals surface area contributed by atoms with Crippen molar-refractivity contribution in [3.05, 3.63) is 11.6 Å². The number of amides is 1. The topological polar surface area (TPSA) is 645 Å². The van der Waals surface area contributed by atoms with E-state index in [1.807, 2.05) is 27.7 Å². The molecule has 12 fully saturated rings. The first-order valence-electron chi connectivity index (χ1n) is 40.9. The van der Waals surface area contributed by atoms with Gasteiger partial charge in [0.1, 0.15) is 164 Å². The highest BCUT2D eigenvalue weighted by Crippen LogP contribution is 2.76. The van der Waals surface area contributed by atoms with Crippen LogP contribution in [-0.2, 0) is 94.9 Å². The number of ether oxygens (including phenoxy) is 17. The third-order valence-corrected chi connectivity index (χ3v) is 28.9. The van der Waals surface area contributed by atoms with Crippen LogP contribution in [0.3, 0.4) is 0 Å². The number of carbonyl (C=O) groups excluding carboxylic acids is 3. The van der Waals surface area contributed by atoms with Gasteiger partial charge in [0.2, 0.25) is 12.2 Å². The smallest absolute Gasteiger partial charge is 0.317 e. The molecule has 42 nitrogen and oxygen atoms in total. The summed E-state index contributed by atoms with van der Waals surface area (Å²) in [4.78, 5) is 42.1. The maximum absolute atomic E-state index is 16.2. The Morgan fingerprint density at radius 3 is 1.61 bits per heavy atom. The number of allylic oxidation sites excluding steroid dienone is 2. The molecule has 22 N–H and O–H groups in total. The van der Waals surface area contributed by atoms with Crippen molar-refractivity contribution in [2.75, 3.05) is 59.5 Å². The first kappa shape index (κ1) is 93.4. The fraction of sp³-hybridized carbons (Fsp3) is 0.935. The van der Waals surface area contributed by atoms with E-state index in [4.69, 9.17) is 80.5 Å². The van der Waals surface area contributed by atoms with Crippen molar-refractivity contribution in [2.24, 2.45) is 50.2 Å². The minimum atomic E-state index is -2.21. The van der Waals surface area contributed by atoms with Crippen LogP contribution in [-0.4, -0.2) is 411 Å². The molecule has 682 valence electrons. The first-order valence-corrected chi connectivity index (χ1v) is 40.9. The van der Waals surface area contributed by atoms with Gasteiger partial charge in [-0.1, -0.05) is 60.1 Å². The van der Waals surface area contributed by atoms with Gasteiger partial charge in [0.25, 0.3) is 0 Å². The Hall–Kier alpha value is -3.29. The molecule has 1 amide bonds. The average molecular weight is 1720 g/mol. The standard InChI is InChI=1S/C77H123NO41/c1-28(81)78-44-48(92)58(117-67-52(96)49(93)47(91)36(19-79)110-67)38(25-108-63-54(98)56(34(85)22-104-63)114-64-50(94)45(89)32(83)20-105-64)111-62(44)113-43-13-14-73(7)39(72(43,5)6)12-15-74(8)40(73)11-10-30-31-16-71(3,4)41(87)18-77(31,42(88)17-75(30,74)9)70(101)119-68-60(118-66-55(99)57(35(86)23-107-66)115-69-61(100)76(102,26-80)27-109-69)53(97)59(37(112-68)24-103-29(2)82)116-65-51(95)46(90)33(84)21-106-65/h10,31-69,79-80,83-100,102H,11-27H2,1-9H3,(H,78,81). The Morgan fingerprint density at radius 1 is 0.487 bits per heavy atom. The number of aliphatic hydroxyl groups excluding tert-OH is 20. The molecule has 8 heterocycles. The average Bonchev–Trinajstić information content (AvgIpc) is 0.796. The van der Waals surface area contributed by atoms with E-state index >= 15 is 4.79 Å². The van der Waals surface area contributed by atoms with Gasteiger partial charge in [-0.3, -0.25) is 14.4 Å². The Balaban J connectivity index is 0.774. The highest BCUT2D eigenvalue weighted by atomic mass is 16.8. The minimum Gasteiger partial charge on any atom is -0.463 e. The number of esters is 2. The third kappa shape index (κ3) is 17.0. The number of carbonyl (C=O) groups is 3. The molecule has 0 radical (unpaired) electrons. The van der Waals surface area contributed by atoms with Crippen LogP contribution in [0, 0.1) is 50.2 Å². The molecule has 119 heavy (non-hydrogen) atoms. The van der Waals surface area contributed by atoms with Crippen LogP contribution >= 0.6 is 0 Å². The van der Waals surface area contributed by atoms with Gasteiger partial charge in [-0.15, -0.1) is 0 Å². The Kier molecular flexibility index (Phi) is 28.0. The molecule has 5 aliphatic carbocycles. The summed E-state index contributed by atoms with van der Waals surface area (Å²) in [6.07, 6.45) is -57.4. The fourth-order valence-electron chi connectivity index (χ4n) is 21.6. The van der Waals surface area contributed by atoms with Crippen molar-refractivity contribution in [1.29, 1.82) is 0 Å². The highest BCUT2D eigenvalue weighted by Gasteiger charge is 2.74. The van der Waals surface area contributed by atoms with Crippen molar-refractivity contribution < 1.29 is 202 Å². The zero-order chi connectivity index (χ0) is 86.8. The number of rotatable bonds is 22. The molecule has 13 aliphatic rings. The molecule has 44 unspecified atom stereocenters. The van der Waals surface area contributed by atoms with Crippen molar-refractivity contribution >= 4 is 17.8 Å². The van der Waals surface area contributed by atoms with E-state index in [2.05, 4.69) is 32.2 Å². The predicted molar refractivity (Wildman–Crippen MR) is 387 cm³/mol. The van der Waals surface area contributed by atoms with E-state index in [-0.39, 0.29) is 24.7 Å². The fourth-order valence-corrected chi connectivity index (χ4v) is 21.6. The second-order valence-corrected chi connectivity index (χ2v) is 36.9. The second-order valence-electron chi connectivity index (χ2n) is 36.9. The van der Waals surface area contributed by atoms with Crippen LogP contribution in [0.5, 0.6) is 0 Å². The number of hydrogen-bond acceptors (Lipinski definition) is 41. The van der Waals surface area contributed by atoms with Gasteiger partial charge in [-0.2, -0.15) is 0 Å². The molecule has 4 saturated carbocycles. The number of hydrogen-bond donors (Lipinski definition) is 22. The maximum atomic E-state index is 16.2. The van der Waals surface area contributed by atoms with E-state index in [1.165, 1.54) is 6.92 Å². The molecule has 44 atom stereocenters. The second kappa shape index (κ2) is 35.7. The lowest BCUT2D eigenvalue weighted by molar-refractivity contribution is -0.377. The first-order chi connectivity index (χ1) is 55.8. The van der Waals surface area contributed by atoms with E-state index in [0.717, 1.165) is 12.5 Å². The summed E-state index contributed by atoms with van der Waals surface area (Å²) in [7, 11) is 0. The third-order valence-electron chi connectivity index (χ3n) is 28.9. The van der Waals surface area contributed by atoms with Crippen LogP contribution in [0.25, 0.3) is 0 Å². The van der Waals surface area contributed by atoms with Gasteiger partial charge in [0.15, 0.2) is 50.1 Å². The zero-order valence-electron chi connectivity index (χ0n) is 67.7. The number of fused-ring (bicyclic) bond motifs is 7. The van der Waals surface area contributed by atoms with Crippen molar-refractivity contribution in [1.82, 2.24) is 5.32 Å². The van der Waals surface area contributed by atoms with Gasteiger partial charge >= 0.3 is 11.9 Å². The van der Waals surface area contributed by atoms with Crippen LogP contribution in [0.15, 0.2) is 11.6 Å². The minimum absolute atomic E-state index is 0.0823. The molecule has 0 bridgehead atoms. The molecule has 0 aromatic carbocycles. The van der Waals surface area contributed by atoms with Crippen LogP contribution < -0.4 is 5.32 Å². The summed E-state index contributed by atoms with van der Waals surface area (Å²) in [5.41, 5.74) is -7.29. The Morgan fingerprint density at radius 2 is 1.02 bits per heavy atom. The molecular weight excluding hydrogens is 1590 g/mol. The van der Waals surface area contributed by atoms with E-state index in [0.29, 0.717) is 32.1 Å². The van der Waals surface area contributed by atoms with Crippen LogP contribution in [0.4, 0.5) is 0 Å². The van der Waals surface area contributed by atoms with Crippen molar-refractivity contribution in [3.63, 3.8) is 0 Å². The summed E-state index contributed by atoms with van der Waals surface area (Å²) in [6, 6.07) is -1.49. The zero-order valence-corrected chi connectivity index (χ0v) is 67.7. The molecular formula is C77H123NO41. The van der Waals surface area contributed by atoms with Crippen molar-refractivity contribution in [3.8, 4) is 0 Å². The Bertz CT molecular complexity index is 3510. The lowest BCUT2D eigenvalue weighted by Crippen LogP contribution is -2.70. The maximum Gasteiger partial charge on any atom is 0.317 e. The lowest BCUT2D eigenvalue weighted by atomic mass is 9.33. The van der Waals surface area contributed by atoms with Gasteiger partial charge in [-0.25, -0.2) is 0 Å². The Labute approximate surface area is 684 Å².